The third-order valence-corrected chi connectivity index (χ3v) is 4.87. The monoisotopic (exact) mass is 299 g/mol. The van der Waals surface area contributed by atoms with Crippen molar-refractivity contribution in [2.45, 2.75) is 32.2 Å². The number of carbonyl (C=O) groups excluding carboxylic acids is 1. The molecule has 2 aliphatic rings. The molecule has 0 radical (unpaired) electrons. The highest BCUT2D eigenvalue weighted by atomic mass is 16.4. The number of rotatable bonds is 5. The smallest absolute Gasteiger partial charge is 0.305 e. The van der Waals surface area contributed by atoms with E-state index in [1.807, 2.05) is 31.2 Å². The first kappa shape index (κ1) is 14.8. The number of allylic oxidation sites excluding steroid dienone is 2. The highest BCUT2D eigenvalue weighted by Gasteiger charge is 2.40. The molecule has 0 spiro atoms. The summed E-state index contributed by atoms with van der Waals surface area (Å²) in [4.78, 5) is 23.7. The van der Waals surface area contributed by atoms with Gasteiger partial charge in [0.25, 0.3) is 0 Å². The van der Waals surface area contributed by atoms with Gasteiger partial charge in [0, 0.05) is 5.92 Å². The number of hydrogen-bond donors (Lipinski definition) is 2. The van der Waals surface area contributed by atoms with Crippen LogP contribution in [0.15, 0.2) is 36.4 Å². The Morgan fingerprint density at radius 1 is 1.27 bits per heavy atom. The molecule has 0 aromatic heterocycles. The average Bonchev–Trinajstić information content (AvgIpc) is 3.09. The molecule has 2 bridgehead atoms. The van der Waals surface area contributed by atoms with Gasteiger partial charge in [-0.25, -0.2) is 0 Å². The van der Waals surface area contributed by atoms with Crippen molar-refractivity contribution in [1.82, 2.24) is 5.32 Å². The number of amides is 1. The summed E-state index contributed by atoms with van der Waals surface area (Å²) in [5, 5.41) is 12.1. The van der Waals surface area contributed by atoms with Crippen molar-refractivity contribution < 1.29 is 14.7 Å². The Morgan fingerprint density at radius 3 is 2.64 bits per heavy atom. The van der Waals surface area contributed by atoms with Crippen molar-refractivity contribution in [2.75, 3.05) is 0 Å². The zero-order valence-corrected chi connectivity index (χ0v) is 12.7. The van der Waals surface area contributed by atoms with Crippen molar-refractivity contribution in [1.29, 1.82) is 0 Å². The van der Waals surface area contributed by atoms with Crippen LogP contribution < -0.4 is 5.32 Å². The Kier molecular flexibility index (Phi) is 4.01. The summed E-state index contributed by atoms with van der Waals surface area (Å²) in [6.07, 6.45) is 6.20. The van der Waals surface area contributed by atoms with Crippen molar-refractivity contribution in [2.24, 2.45) is 17.8 Å². The first-order chi connectivity index (χ1) is 10.5. The lowest BCUT2D eigenvalue weighted by atomic mass is 9.91. The molecule has 1 aromatic carbocycles. The van der Waals surface area contributed by atoms with E-state index in [1.54, 1.807) is 0 Å². The number of aryl methyl sites for hydroxylation is 1. The fourth-order valence-electron chi connectivity index (χ4n) is 3.75. The summed E-state index contributed by atoms with van der Waals surface area (Å²) >= 11 is 0. The number of nitrogens with one attached hydrogen (secondary N) is 1. The second-order valence-electron chi connectivity index (χ2n) is 6.40. The van der Waals surface area contributed by atoms with Crippen LogP contribution in [0.25, 0.3) is 0 Å². The normalized spacial score (nSPS) is 26.9. The number of fused-ring (bicyclic) bond motifs is 2. The molecule has 1 fully saturated rings. The molecular weight excluding hydrogens is 278 g/mol. The minimum Gasteiger partial charge on any atom is -0.481 e. The highest BCUT2D eigenvalue weighted by molar-refractivity contribution is 5.81. The van der Waals surface area contributed by atoms with Gasteiger partial charge in [-0.1, -0.05) is 36.4 Å². The topological polar surface area (TPSA) is 66.4 Å². The largest absolute Gasteiger partial charge is 0.481 e. The Hall–Kier alpha value is -2.10. The van der Waals surface area contributed by atoms with Crippen LogP contribution in [0, 0.1) is 24.7 Å². The van der Waals surface area contributed by atoms with Crippen LogP contribution in [0.1, 0.15) is 36.4 Å². The molecule has 22 heavy (non-hydrogen) atoms. The van der Waals surface area contributed by atoms with Crippen LogP contribution in [-0.4, -0.2) is 17.0 Å². The summed E-state index contributed by atoms with van der Waals surface area (Å²) in [5.41, 5.74) is 1.89. The zero-order valence-electron chi connectivity index (χ0n) is 12.7. The van der Waals surface area contributed by atoms with E-state index < -0.39 is 12.0 Å². The molecule has 4 nitrogen and oxygen atoms in total. The lowest BCUT2D eigenvalue weighted by molar-refractivity contribution is -0.138. The molecule has 116 valence electrons. The number of carboxylic acids is 1. The predicted molar refractivity (Wildman–Crippen MR) is 83.2 cm³/mol. The van der Waals surface area contributed by atoms with Crippen molar-refractivity contribution in [3.63, 3.8) is 0 Å². The molecule has 1 aromatic rings. The number of carbonyl (C=O) groups is 2. The van der Waals surface area contributed by atoms with Crippen LogP contribution >= 0.6 is 0 Å². The highest BCUT2D eigenvalue weighted by Crippen LogP contribution is 2.43. The van der Waals surface area contributed by atoms with Crippen LogP contribution in [0.3, 0.4) is 0 Å². The van der Waals surface area contributed by atoms with E-state index in [4.69, 9.17) is 5.11 Å². The zero-order chi connectivity index (χ0) is 15.7. The van der Waals surface area contributed by atoms with Gasteiger partial charge >= 0.3 is 5.97 Å². The quantitative estimate of drug-likeness (QED) is 0.822. The van der Waals surface area contributed by atoms with Crippen molar-refractivity contribution in [3.8, 4) is 0 Å². The van der Waals surface area contributed by atoms with E-state index in [2.05, 4.69) is 17.5 Å². The molecule has 1 saturated carbocycles. The second kappa shape index (κ2) is 5.95. The van der Waals surface area contributed by atoms with Crippen LogP contribution in [0.4, 0.5) is 0 Å². The number of carboxylic acid groups (broad SMARTS) is 1. The summed E-state index contributed by atoms with van der Waals surface area (Å²) in [5.74, 6) is -0.0625. The maximum Gasteiger partial charge on any atom is 0.305 e. The van der Waals surface area contributed by atoms with Crippen LogP contribution in [0.5, 0.6) is 0 Å². The molecule has 1 amide bonds. The summed E-state index contributed by atoms with van der Waals surface area (Å²) in [7, 11) is 0. The van der Waals surface area contributed by atoms with Gasteiger partial charge in [-0.2, -0.15) is 0 Å². The molecule has 4 heteroatoms. The van der Waals surface area contributed by atoms with E-state index in [-0.39, 0.29) is 18.2 Å². The van der Waals surface area contributed by atoms with Crippen molar-refractivity contribution >= 4 is 11.9 Å². The van der Waals surface area contributed by atoms with Gasteiger partial charge < -0.3 is 10.4 Å². The average molecular weight is 299 g/mol. The Balaban J connectivity index is 1.76. The molecule has 3 rings (SSSR count). The molecular formula is C18H21NO3. The molecule has 2 N–H and O–H groups in total. The van der Waals surface area contributed by atoms with E-state index in [0.29, 0.717) is 11.8 Å². The standard InChI is InChI=1S/C18H21NO3/c1-11-4-2-3-5-14(11)16(10-17(20)21)19-18(22)15-9-12-6-7-13(15)8-12/h2-7,12-13,15-16H,8-10H2,1H3,(H,19,22)(H,20,21). The Labute approximate surface area is 130 Å². The van der Waals surface area contributed by atoms with E-state index in [1.165, 1.54) is 0 Å². The lowest BCUT2D eigenvalue weighted by Crippen LogP contribution is -2.36. The number of benzene rings is 1. The molecule has 0 aliphatic heterocycles. The molecule has 4 atom stereocenters. The lowest BCUT2D eigenvalue weighted by Gasteiger charge is -2.24. The van der Waals surface area contributed by atoms with Gasteiger partial charge in [0.1, 0.15) is 0 Å². The van der Waals surface area contributed by atoms with Gasteiger partial charge in [0.05, 0.1) is 12.5 Å². The van der Waals surface area contributed by atoms with Crippen molar-refractivity contribution in [3.05, 3.63) is 47.5 Å². The Bertz CT molecular complexity index is 623. The molecule has 0 saturated heterocycles. The molecule has 2 aliphatic carbocycles. The maximum atomic E-state index is 12.6. The molecule has 4 unspecified atom stereocenters. The third-order valence-electron chi connectivity index (χ3n) is 4.87. The van der Waals surface area contributed by atoms with E-state index in [0.717, 1.165) is 24.0 Å². The van der Waals surface area contributed by atoms with Crippen LogP contribution in [-0.2, 0) is 9.59 Å². The maximum absolute atomic E-state index is 12.6. The first-order valence-electron chi connectivity index (χ1n) is 7.80. The minimum absolute atomic E-state index is 0.00434. The van der Waals surface area contributed by atoms with Gasteiger partial charge in [-0.15, -0.1) is 0 Å². The molecule has 0 heterocycles. The predicted octanol–water partition coefficient (Wildman–Crippen LogP) is 2.84. The fraction of sp³-hybridized carbons (Fsp3) is 0.444. The van der Waals surface area contributed by atoms with E-state index in [9.17, 15) is 9.59 Å². The van der Waals surface area contributed by atoms with E-state index >= 15 is 0 Å². The Morgan fingerprint density at radius 2 is 2.05 bits per heavy atom. The third kappa shape index (κ3) is 2.91. The van der Waals surface area contributed by atoms with Gasteiger partial charge in [0.2, 0.25) is 5.91 Å². The van der Waals surface area contributed by atoms with Gasteiger partial charge in [-0.3, -0.25) is 9.59 Å². The number of aliphatic carboxylic acids is 1. The summed E-state index contributed by atoms with van der Waals surface area (Å²) in [6, 6.07) is 7.16. The van der Waals surface area contributed by atoms with Crippen LogP contribution in [0.2, 0.25) is 0 Å². The number of hydrogen-bond acceptors (Lipinski definition) is 2. The summed E-state index contributed by atoms with van der Waals surface area (Å²) < 4.78 is 0. The van der Waals surface area contributed by atoms with Gasteiger partial charge in [0.15, 0.2) is 0 Å². The minimum atomic E-state index is -0.901. The second-order valence-corrected chi connectivity index (χ2v) is 6.40. The SMILES string of the molecule is Cc1ccccc1C(CC(=O)O)NC(=O)C1CC2C=CC1C2. The van der Waals surface area contributed by atoms with Gasteiger partial charge in [-0.05, 0) is 42.7 Å². The fourth-order valence-corrected chi connectivity index (χ4v) is 3.75. The first-order valence-corrected chi connectivity index (χ1v) is 7.80. The summed E-state index contributed by atoms with van der Waals surface area (Å²) in [6.45, 7) is 1.94.